The van der Waals surface area contributed by atoms with E-state index in [1.54, 1.807) is 30.3 Å². The van der Waals surface area contributed by atoms with Crippen LogP contribution in [0.25, 0.3) is 0 Å². The quantitative estimate of drug-likeness (QED) is 0.456. The fourth-order valence-corrected chi connectivity index (χ4v) is 5.26. The fraction of sp³-hybridized carbons (Fsp3) is 0.520. The molecule has 1 saturated heterocycles. The molecule has 0 radical (unpaired) electrons. The van der Waals surface area contributed by atoms with Crippen molar-refractivity contribution in [3.8, 4) is 6.07 Å². The molecule has 3 N–H and O–H groups in total. The Balaban J connectivity index is 2.04. The topological polar surface area (TPSA) is 147 Å². The van der Waals surface area contributed by atoms with Crippen molar-refractivity contribution in [3.05, 3.63) is 58.6 Å². The minimum absolute atomic E-state index is 0.00116. The lowest BCUT2D eigenvalue weighted by molar-refractivity contribution is -0.151. The molecule has 3 rings (SSSR count). The third-order valence-corrected chi connectivity index (χ3v) is 11.4. The summed E-state index contributed by atoms with van der Waals surface area (Å²) in [5, 5.41) is 32.7. The molecular weight excluding hydrogens is 480 g/mol. The summed E-state index contributed by atoms with van der Waals surface area (Å²) in [5.74, 6) is -0.383. The molecule has 0 unspecified atom stereocenters. The summed E-state index contributed by atoms with van der Waals surface area (Å²) >= 11 is 0. The van der Waals surface area contributed by atoms with E-state index in [9.17, 15) is 25.1 Å². The molecular formula is C25H34N4O6Si. The smallest absolute Gasteiger partial charge is 0.351 e. The van der Waals surface area contributed by atoms with Crippen LogP contribution >= 0.6 is 0 Å². The molecule has 0 spiro atoms. The van der Waals surface area contributed by atoms with Crippen molar-refractivity contribution in [2.24, 2.45) is 0 Å². The zero-order valence-electron chi connectivity index (χ0n) is 21.3. The molecule has 2 aromatic rings. The molecule has 1 amide bonds. The van der Waals surface area contributed by atoms with Crippen LogP contribution in [0.2, 0.25) is 18.1 Å². The Labute approximate surface area is 211 Å². The third kappa shape index (κ3) is 5.43. The largest absolute Gasteiger partial charge is 0.406 e. The Bertz CT molecular complexity index is 1170. The van der Waals surface area contributed by atoms with Gasteiger partial charge in [0, 0.05) is 24.6 Å². The van der Waals surface area contributed by atoms with Crippen molar-refractivity contribution in [2.75, 3.05) is 11.9 Å². The summed E-state index contributed by atoms with van der Waals surface area (Å²) in [4.78, 5) is 29.8. The monoisotopic (exact) mass is 514 g/mol. The first-order chi connectivity index (χ1) is 16.9. The first-order valence-corrected chi connectivity index (χ1v) is 14.8. The number of hydrogen-bond donors (Lipinski definition) is 3. The molecule has 194 valence electrons. The van der Waals surface area contributed by atoms with Crippen LogP contribution in [0.4, 0.5) is 5.82 Å². The average Bonchev–Trinajstić information content (AvgIpc) is 3.08. The second kappa shape index (κ2) is 10.6. The van der Waals surface area contributed by atoms with Crippen LogP contribution in [0.3, 0.4) is 0 Å². The number of ether oxygens (including phenoxy) is 1. The average molecular weight is 515 g/mol. The van der Waals surface area contributed by atoms with Crippen molar-refractivity contribution in [3.63, 3.8) is 0 Å². The van der Waals surface area contributed by atoms with Crippen LogP contribution in [0.5, 0.6) is 0 Å². The number of nitrogens with zero attached hydrogens (tertiary/aromatic N) is 3. The SMILES string of the molecule is CC(C)(C)[Si](C)(C)O[C@@H]1[C@H](O)[C@@H](CO)O[C@@]1(CCC#N)n1ccc(NC(=O)c2ccccc2)nc1=O. The number of benzene rings is 1. The van der Waals surface area contributed by atoms with Crippen molar-refractivity contribution < 1.29 is 24.2 Å². The van der Waals surface area contributed by atoms with Gasteiger partial charge in [0.15, 0.2) is 14.0 Å². The number of rotatable bonds is 8. The molecule has 4 atom stereocenters. The molecule has 1 aromatic heterocycles. The highest BCUT2D eigenvalue weighted by molar-refractivity contribution is 6.74. The van der Waals surface area contributed by atoms with E-state index in [1.807, 2.05) is 33.9 Å². The van der Waals surface area contributed by atoms with E-state index in [2.05, 4.69) is 16.4 Å². The van der Waals surface area contributed by atoms with Gasteiger partial charge >= 0.3 is 5.69 Å². The predicted molar refractivity (Wildman–Crippen MR) is 136 cm³/mol. The van der Waals surface area contributed by atoms with Gasteiger partial charge in [-0.2, -0.15) is 10.2 Å². The van der Waals surface area contributed by atoms with Gasteiger partial charge < -0.3 is 24.7 Å². The molecule has 0 saturated carbocycles. The second-order valence-corrected chi connectivity index (χ2v) is 15.2. The lowest BCUT2D eigenvalue weighted by Gasteiger charge is -2.44. The molecule has 0 bridgehead atoms. The van der Waals surface area contributed by atoms with E-state index in [4.69, 9.17) is 9.16 Å². The summed E-state index contributed by atoms with van der Waals surface area (Å²) < 4.78 is 13.9. The number of aliphatic hydroxyl groups excluding tert-OH is 2. The van der Waals surface area contributed by atoms with Crippen LogP contribution in [0.15, 0.2) is 47.4 Å². The van der Waals surface area contributed by atoms with Crippen LogP contribution in [-0.2, 0) is 14.9 Å². The van der Waals surface area contributed by atoms with E-state index >= 15 is 0 Å². The number of hydrogen-bond acceptors (Lipinski definition) is 8. The number of carbonyl (C=O) groups excluding carboxylic acids is 1. The van der Waals surface area contributed by atoms with Gasteiger partial charge in [-0.1, -0.05) is 39.0 Å². The summed E-state index contributed by atoms with van der Waals surface area (Å²) in [6.07, 6.45) is -1.88. The highest BCUT2D eigenvalue weighted by Gasteiger charge is 2.59. The summed E-state index contributed by atoms with van der Waals surface area (Å²) in [7, 11) is -2.50. The number of aliphatic hydroxyl groups is 2. The van der Waals surface area contributed by atoms with Gasteiger partial charge in [0.05, 0.1) is 12.7 Å². The minimum Gasteiger partial charge on any atom is -0.406 e. The Morgan fingerprint density at radius 1 is 1.31 bits per heavy atom. The fourth-order valence-electron chi connectivity index (χ4n) is 3.95. The standard InChI is InChI=1S/C25H34N4O6Si/c1-24(2,3)36(4,5)35-21-20(31)18(16-30)34-25(21,13-9-14-26)29-15-12-19(28-23(29)33)27-22(32)17-10-7-6-8-11-17/h6-8,10-12,15,18,20-21,30-31H,9,13,16H2,1-5H3,(H,27,28,32,33)/t18-,20-,21-,25-/m1/s1. The highest BCUT2D eigenvalue weighted by Crippen LogP contribution is 2.45. The predicted octanol–water partition coefficient (Wildman–Crippen LogP) is 2.59. The number of nitriles is 1. The van der Waals surface area contributed by atoms with Crippen LogP contribution in [0, 0.1) is 11.3 Å². The third-order valence-electron chi connectivity index (χ3n) is 6.98. The number of anilines is 1. The number of nitrogens with one attached hydrogen (secondary N) is 1. The van der Waals surface area contributed by atoms with Crippen LogP contribution < -0.4 is 11.0 Å². The van der Waals surface area contributed by atoms with E-state index in [-0.39, 0.29) is 23.7 Å². The molecule has 36 heavy (non-hydrogen) atoms. The van der Waals surface area contributed by atoms with Gasteiger partial charge in [-0.25, -0.2) is 4.79 Å². The molecule has 1 aromatic carbocycles. The molecule has 1 aliphatic rings. The summed E-state index contributed by atoms with van der Waals surface area (Å²) in [5.41, 5.74) is -1.93. The van der Waals surface area contributed by atoms with Gasteiger partial charge in [-0.05, 0) is 36.3 Å². The van der Waals surface area contributed by atoms with Gasteiger partial charge in [0.25, 0.3) is 5.91 Å². The zero-order valence-corrected chi connectivity index (χ0v) is 22.3. The minimum atomic E-state index is -2.50. The number of amides is 1. The molecule has 11 heteroatoms. The Hall–Kier alpha value is -2.88. The summed E-state index contributed by atoms with van der Waals surface area (Å²) in [6, 6.07) is 12.0. The van der Waals surface area contributed by atoms with Gasteiger partial charge in [0.1, 0.15) is 24.1 Å². The van der Waals surface area contributed by atoms with Gasteiger partial charge in [-0.15, -0.1) is 0 Å². The molecule has 0 aliphatic carbocycles. The van der Waals surface area contributed by atoms with E-state index < -0.39 is 50.6 Å². The Kier molecular flexibility index (Phi) is 8.17. The molecule has 10 nitrogen and oxygen atoms in total. The molecule has 1 aliphatic heterocycles. The number of carbonyl (C=O) groups is 1. The van der Waals surface area contributed by atoms with Gasteiger partial charge in [0.2, 0.25) is 0 Å². The number of aromatic nitrogens is 2. The maximum Gasteiger partial charge on any atom is 0.351 e. The van der Waals surface area contributed by atoms with Crippen molar-refractivity contribution >= 4 is 20.0 Å². The van der Waals surface area contributed by atoms with Crippen molar-refractivity contribution in [1.82, 2.24) is 9.55 Å². The maximum absolute atomic E-state index is 13.3. The maximum atomic E-state index is 13.3. The normalized spacial score (nSPS) is 24.3. The summed E-state index contributed by atoms with van der Waals surface area (Å²) in [6.45, 7) is 9.63. The Morgan fingerprint density at radius 2 is 1.97 bits per heavy atom. The first kappa shape index (κ1) is 27.7. The Morgan fingerprint density at radius 3 is 2.53 bits per heavy atom. The van der Waals surface area contributed by atoms with Crippen LogP contribution in [0.1, 0.15) is 44.0 Å². The zero-order chi connectivity index (χ0) is 26.7. The highest BCUT2D eigenvalue weighted by atomic mass is 28.4. The second-order valence-electron chi connectivity index (χ2n) is 10.4. The van der Waals surface area contributed by atoms with E-state index in [1.165, 1.54) is 16.8 Å². The molecule has 2 heterocycles. The van der Waals surface area contributed by atoms with Crippen LogP contribution in [-0.4, -0.2) is 58.9 Å². The van der Waals surface area contributed by atoms with E-state index in [0.717, 1.165) is 0 Å². The van der Waals surface area contributed by atoms with E-state index in [0.29, 0.717) is 5.56 Å². The van der Waals surface area contributed by atoms with Crippen molar-refractivity contribution in [2.45, 2.75) is 75.8 Å². The molecule has 1 fully saturated rings. The lowest BCUT2D eigenvalue weighted by Crippen LogP contribution is -2.56. The lowest BCUT2D eigenvalue weighted by atomic mass is 9.97. The van der Waals surface area contributed by atoms with Crippen molar-refractivity contribution in [1.29, 1.82) is 5.26 Å². The first-order valence-electron chi connectivity index (χ1n) is 11.8. The van der Waals surface area contributed by atoms with Gasteiger partial charge in [-0.3, -0.25) is 9.36 Å².